The molecule has 3 aromatic rings. The average Bonchev–Trinajstić information content (AvgIpc) is 3.04. The molecule has 1 unspecified atom stereocenters. The van der Waals surface area contributed by atoms with Crippen molar-refractivity contribution in [1.82, 2.24) is 14.7 Å². The summed E-state index contributed by atoms with van der Waals surface area (Å²) in [6, 6.07) is 19.8. The third-order valence-electron chi connectivity index (χ3n) is 4.56. The molecule has 1 atom stereocenters. The molecule has 1 aromatic heterocycles. The minimum absolute atomic E-state index is 0.0131. The highest BCUT2D eigenvalue weighted by atomic mass is 16.2. The Morgan fingerprint density at radius 1 is 1.00 bits per heavy atom. The van der Waals surface area contributed by atoms with Gasteiger partial charge in [-0.2, -0.15) is 5.10 Å². The second-order valence-corrected chi connectivity index (χ2v) is 6.61. The van der Waals surface area contributed by atoms with Gasteiger partial charge in [0, 0.05) is 25.9 Å². The number of benzene rings is 2. The van der Waals surface area contributed by atoms with E-state index in [2.05, 4.69) is 0 Å². The van der Waals surface area contributed by atoms with Gasteiger partial charge in [-0.25, -0.2) is 0 Å². The van der Waals surface area contributed by atoms with E-state index in [0.29, 0.717) is 0 Å². The molecule has 0 aliphatic carbocycles. The highest BCUT2D eigenvalue weighted by molar-refractivity contribution is 5.87. The van der Waals surface area contributed by atoms with E-state index in [1.807, 2.05) is 80.7 Å². The lowest BCUT2D eigenvalue weighted by molar-refractivity contribution is -0.135. The van der Waals surface area contributed by atoms with Crippen LogP contribution >= 0.6 is 0 Å². The lowest BCUT2D eigenvalue weighted by atomic mass is 9.90. The lowest BCUT2D eigenvalue weighted by Crippen LogP contribution is -2.47. The fraction of sp³-hybridized carbons (Fsp3) is 0.238. The van der Waals surface area contributed by atoms with Crippen LogP contribution in [0.3, 0.4) is 0 Å². The van der Waals surface area contributed by atoms with Gasteiger partial charge in [0.1, 0.15) is 0 Å². The molecular weight excluding hydrogens is 310 g/mol. The number of aryl methyl sites for hydroxylation is 1. The van der Waals surface area contributed by atoms with Gasteiger partial charge in [0.25, 0.3) is 5.91 Å². The second-order valence-electron chi connectivity index (χ2n) is 6.61. The number of hydrogen-bond acceptors (Lipinski definition) is 2. The van der Waals surface area contributed by atoms with Crippen LogP contribution in [0.5, 0.6) is 0 Å². The number of hydrogen-bond donors (Lipinski definition) is 0. The molecule has 3 rings (SSSR count). The normalized spacial score (nSPS) is 13.3. The Morgan fingerprint density at radius 2 is 1.56 bits per heavy atom. The maximum Gasteiger partial charge on any atom is 0.254 e. The highest BCUT2D eigenvalue weighted by Crippen LogP contribution is 2.31. The molecule has 0 N–H and O–H groups in total. The van der Waals surface area contributed by atoms with Crippen molar-refractivity contribution < 1.29 is 4.79 Å². The number of aromatic nitrogens is 2. The minimum Gasteiger partial charge on any atom is -0.346 e. The van der Waals surface area contributed by atoms with E-state index in [1.165, 1.54) is 0 Å². The third kappa shape index (κ3) is 2.95. The van der Waals surface area contributed by atoms with Crippen LogP contribution in [0.25, 0.3) is 11.3 Å². The maximum atomic E-state index is 13.1. The first-order valence-corrected chi connectivity index (χ1v) is 8.34. The molecule has 0 fully saturated rings. The molecule has 128 valence electrons. The molecule has 0 bridgehead atoms. The van der Waals surface area contributed by atoms with Crippen LogP contribution in [0.4, 0.5) is 0 Å². The first-order valence-electron chi connectivity index (χ1n) is 8.34. The van der Waals surface area contributed by atoms with Crippen molar-refractivity contribution in [2.75, 3.05) is 14.1 Å². The van der Waals surface area contributed by atoms with E-state index in [4.69, 9.17) is 5.10 Å². The van der Waals surface area contributed by atoms with Gasteiger partial charge >= 0.3 is 0 Å². The molecule has 1 heterocycles. The van der Waals surface area contributed by atoms with E-state index < -0.39 is 5.54 Å². The summed E-state index contributed by atoms with van der Waals surface area (Å²) >= 11 is 0. The van der Waals surface area contributed by atoms with Crippen LogP contribution in [0, 0.1) is 6.92 Å². The summed E-state index contributed by atoms with van der Waals surface area (Å²) in [6.07, 6.45) is 1.96. The number of rotatable bonds is 4. The lowest BCUT2D eigenvalue weighted by Gasteiger charge is -2.32. The Hall–Kier alpha value is -2.88. The van der Waals surface area contributed by atoms with Gasteiger partial charge in [0.2, 0.25) is 0 Å². The molecular formula is C21H23N3O. The Bertz CT molecular complexity index is 869. The number of likely N-dealkylation sites (N-methyl/N-ethyl adjacent to an activating group) is 1. The summed E-state index contributed by atoms with van der Waals surface area (Å²) in [5.74, 6) is -0.0131. The monoisotopic (exact) mass is 333 g/mol. The smallest absolute Gasteiger partial charge is 0.254 e. The number of carbonyl (C=O) groups is 1. The first kappa shape index (κ1) is 17.0. The van der Waals surface area contributed by atoms with E-state index >= 15 is 0 Å². The van der Waals surface area contributed by atoms with Gasteiger partial charge in [0.15, 0.2) is 5.54 Å². The van der Waals surface area contributed by atoms with Gasteiger partial charge in [-0.3, -0.25) is 9.48 Å². The topological polar surface area (TPSA) is 38.1 Å². The highest BCUT2D eigenvalue weighted by Gasteiger charge is 2.39. The first-order chi connectivity index (χ1) is 11.9. The molecule has 2 aromatic carbocycles. The molecule has 4 nitrogen and oxygen atoms in total. The fourth-order valence-electron chi connectivity index (χ4n) is 3.12. The van der Waals surface area contributed by atoms with Crippen molar-refractivity contribution in [3.8, 4) is 11.3 Å². The van der Waals surface area contributed by atoms with Gasteiger partial charge < -0.3 is 4.90 Å². The van der Waals surface area contributed by atoms with Crippen LogP contribution in [-0.4, -0.2) is 34.7 Å². The largest absolute Gasteiger partial charge is 0.346 e. The van der Waals surface area contributed by atoms with E-state index in [9.17, 15) is 4.79 Å². The van der Waals surface area contributed by atoms with Crippen molar-refractivity contribution in [2.24, 2.45) is 0 Å². The maximum absolute atomic E-state index is 13.1. The van der Waals surface area contributed by atoms with Crippen LogP contribution in [-0.2, 0) is 10.3 Å². The van der Waals surface area contributed by atoms with Gasteiger partial charge in [-0.05, 0) is 25.0 Å². The number of nitrogens with zero attached hydrogens (tertiary/aromatic N) is 3. The summed E-state index contributed by atoms with van der Waals surface area (Å²) in [4.78, 5) is 14.7. The molecule has 1 amide bonds. The van der Waals surface area contributed by atoms with Gasteiger partial charge in [0.05, 0.1) is 5.69 Å². The van der Waals surface area contributed by atoms with Crippen molar-refractivity contribution >= 4 is 5.91 Å². The molecule has 0 spiro atoms. The zero-order valence-electron chi connectivity index (χ0n) is 15.1. The summed E-state index contributed by atoms with van der Waals surface area (Å²) in [6.45, 7) is 3.95. The molecule has 0 aliphatic rings. The van der Waals surface area contributed by atoms with Gasteiger partial charge in [-0.15, -0.1) is 0 Å². The predicted octanol–water partition coefficient (Wildman–Crippen LogP) is 3.71. The number of amides is 1. The van der Waals surface area contributed by atoms with Crippen molar-refractivity contribution in [3.05, 3.63) is 78.0 Å². The quantitative estimate of drug-likeness (QED) is 0.730. The average molecular weight is 333 g/mol. The third-order valence-corrected chi connectivity index (χ3v) is 4.56. The van der Waals surface area contributed by atoms with Crippen LogP contribution in [0.1, 0.15) is 18.1 Å². The van der Waals surface area contributed by atoms with Crippen LogP contribution < -0.4 is 0 Å². The molecule has 4 heteroatoms. The van der Waals surface area contributed by atoms with Crippen molar-refractivity contribution in [2.45, 2.75) is 19.4 Å². The van der Waals surface area contributed by atoms with Crippen molar-refractivity contribution in [3.63, 3.8) is 0 Å². The molecule has 0 aliphatic heterocycles. The summed E-state index contributed by atoms with van der Waals surface area (Å²) < 4.78 is 1.79. The van der Waals surface area contributed by atoms with Crippen LogP contribution in [0.2, 0.25) is 0 Å². The standard InChI is InChI=1S/C21H23N3O/c1-16-15-24(22-19(16)17-11-7-5-8-12-17)21(2,20(25)23(3)4)18-13-9-6-10-14-18/h5-15H,1-4H3. The van der Waals surface area contributed by atoms with Crippen LogP contribution in [0.15, 0.2) is 66.9 Å². The Balaban J connectivity index is 2.17. The molecule has 25 heavy (non-hydrogen) atoms. The van der Waals surface area contributed by atoms with Crippen molar-refractivity contribution in [1.29, 1.82) is 0 Å². The number of carbonyl (C=O) groups excluding carboxylic acids is 1. The summed E-state index contributed by atoms with van der Waals surface area (Å²) in [7, 11) is 3.55. The van der Waals surface area contributed by atoms with E-state index in [-0.39, 0.29) is 5.91 Å². The molecule has 0 saturated carbocycles. The fourth-order valence-corrected chi connectivity index (χ4v) is 3.12. The summed E-state index contributed by atoms with van der Waals surface area (Å²) in [5.41, 5.74) is 3.00. The zero-order chi connectivity index (χ0) is 18.0. The Labute approximate surface area is 148 Å². The Morgan fingerprint density at radius 3 is 2.12 bits per heavy atom. The SMILES string of the molecule is Cc1cn(C(C)(C(=O)N(C)C)c2ccccc2)nc1-c1ccccc1. The molecule has 0 saturated heterocycles. The predicted molar refractivity (Wildman–Crippen MR) is 100 cm³/mol. The minimum atomic E-state index is -0.900. The Kier molecular flexibility index (Phi) is 4.45. The molecule has 0 radical (unpaired) electrons. The zero-order valence-corrected chi connectivity index (χ0v) is 15.1. The van der Waals surface area contributed by atoms with E-state index in [0.717, 1.165) is 22.4 Å². The van der Waals surface area contributed by atoms with E-state index in [1.54, 1.807) is 23.7 Å². The van der Waals surface area contributed by atoms with Gasteiger partial charge in [-0.1, -0.05) is 60.7 Å². The second kappa shape index (κ2) is 6.55. The summed E-state index contributed by atoms with van der Waals surface area (Å²) in [5, 5.41) is 4.80.